The Labute approximate surface area is 132 Å². The highest BCUT2D eigenvalue weighted by atomic mass is 16.2. The van der Waals surface area contributed by atoms with Crippen LogP contribution in [0.2, 0.25) is 0 Å². The second-order valence-corrected chi connectivity index (χ2v) is 6.50. The van der Waals surface area contributed by atoms with E-state index in [1.807, 2.05) is 69.3 Å². The third-order valence-electron chi connectivity index (χ3n) is 3.28. The van der Waals surface area contributed by atoms with Crippen LogP contribution in [-0.4, -0.2) is 11.6 Å². The molecule has 2 N–H and O–H groups in total. The summed E-state index contributed by atoms with van der Waals surface area (Å²) in [6.45, 7) is 5.92. The Bertz CT molecular complexity index is 588. The summed E-state index contributed by atoms with van der Waals surface area (Å²) in [5.41, 5.74) is 2.06. The van der Waals surface area contributed by atoms with Gasteiger partial charge in [-0.2, -0.15) is 0 Å². The van der Waals surface area contributed by atoms with Gasteiger partial charge in [0.05, 0.1) is 6.04 Å². The fraction of sp³-hybridized carbons (Fsp3) is 0.316. The summed E-state index contributed by atoms with van der Waals surface area (Å²) in [4.78, 5) is 12.2. The van der Waals surface area contributed by atoms with E-state index >= 15 is 0 Å². The molecule has 0 spiro atoms. The first-order chi connectivity index (χ1) is 10.4. The average Bonchev–Trinajstić information content (AvgIpc) is 2.47. The van der Waals surface area contributed by atoms with E-state index in [0.29, 0.717) is 0 Å². The quantitative estimate of drug-likeness (QED) is 0.877. The Hall–Kier alpha value is -2.29. The zero-order valence-electron chi connectivity index (χ0n) is 13.5. The Morgan fingerprint density at radius 3 is 2.05 bits per heavy atom. The molecule has 0 saturated carbocycles. The van der Waals surface area contributed by atoms with Crippen molar-refractivity contribution in [2.24, 2.45) is 0 Å². The van der Waals surface area contributed by atoms with Crippen molar-refractivity contribution in [3.05, 3.63) is 71.8 Å². The molecule has 0 radical (unpaired) electrons. The van der Waals surface area contributed by atoms with Crippen LogP contribution in [-0.2, 0) is 6.42 Å². The first-order valence-electron chi connectivity index (χ1n) is 7.61. The monoisotopic (exact) mass is 296 g/mol. The van der Waals surface area contributed by atoms with Crippen molar-refractivity contribution >= 4 is 6.03 Å². The number of urea groups is 1. The van der Waals surface area contributed by atoms with Gasteiger partial charge in [-0.1, -0.05) is 60.7 Å². The molecule has 22 heavy (non-hydrogen) atoms. The van der Waals surface area contributed by atoms with E-state index in [1.165, 1.54) is 5.56 Å². The van der Waals surface area contributed by atoms with Crippen molar-refractivity contribution in [1.29, 1.82) is 0 Å². The summed E-state index contributed by atoms with van der Waals surface area (Å²) >= 11 is 0. The van der Waals surface area contributed by atoms with E-state index in [-0.39, 0.29) is 17.6 Å². The predicted molar refractivity (Wildman–Crippen MR) is 90.7 cm³/mol. The van der Waals surface area contributed by atoms with Crippen LogP contribution in [0.4, 0.5) is 4.79 Å². The van der Waals surface area contributed by atoms with E-state index < -0.39 is 0 Å². The first-order valence-corrected chi connectivity index (χ1v) is 7.61. The van der Waals surface area contributed by atoms with Crippen molar-refractivity contribution in [3.8, 4) is 0 Å². The van der Waals surface area contributed by atoms with Gasteiger partial charge in [-0.05, 0) is 38.3 Å². The number of nitrogens with one attached hydrogen (secondary N) is 2. The van der Waals surface area contributed by atoms with Crippen LogP contribution in [0.25, 0.3) is 0 Å². The molecule has 0 aliphatic heterocycles. The molecule has 2 amide bonds. The predicted octanol–water partition coefficient (Wildman–Crippen LogP) is 4.07. The van der Waals surface area contributed by atoms with Gasteiger partial charge >= 0.3 is 6.03 Å². The minimum atomic E-state index is -0.252. The van der Waals surface area contributed by atoms with Crippen LogP contribution in [0.15, 0.2) is 60.7 Å². The zero-order chi connectivity index (χ0) is 16.0. The maximum Gasteiger partial charge on any atom is 0.315 e. The number of amides is 2. The zero-order valence-corrected chi connectivity index (χ0v) is 13.5. The summed E-state index contributed by atoms with van der Waals surface area (Å²) in [6, 6.07) is 20.1. The van der Waals surface area contributed by atoms with Crippen LogP contribution < -0.4 is 10.6 Å². The highest BCUT2D eigenvalue weighted by molar-refractivity contribution is 5.75. The average molecular weight is 296 g/mol. The van der Waals surface area contributed by atoms with E-state index in [1.54, 1.807) is 0 Å². The lowest BCUT2D eigenvalue weighted by Crippen LogP contribution is -2.47. The highest BCUT2D eigenvalue weighted by Gasteiger charge is 2.18. The van der Waals surface area contributed by atoms with Crippen LogP contribution >= 0.6 is 0 Å². The molecule has 0 heterocycles. The summed E-state index contributed by atoms with van der Waals surface area (Å²) in [5, 5.41) is 6.04. The minimum absolute atomic E-state index is 0.0500. The van der Waals surface area contributed by atoms with Gasteiger partial charge in [-0.25, -0.2) is 4.79 Å². The van der Waals surface area contributed by atoms with Crippen molar-refractivity contribution in [1.82, 2.24) is 10.6 Å². The second-order valence-electron chi connectivity index (χ2n) is 6.50. The fourth-order valence-corrected chi connectivity index (χ4v) is 2.32. The molecule has 2 aromatic carbocycles. The number of benzene rings is 2. The van der Waals surface area contributed by atoms with E-state index in [9.17, 15) is 4.79 Å². The lowest BCUT2D eigenvalue weighted by atomic mass is 9.99. The molecule has 0 aromatic heterocycles. The summed E-state index contributed by atoms with van der Waals surface area (Å²) in [6.07, 6.45) is 0.766. The molecule has 1 atom stereocenters. The maximum atomic E-state index is 12.2. The lowest BCUT2D eigenvalue weighted by Gasteiger charge is -2.25. The van der Waals surface area contributed by atoms with Crippen LogP contribution in [0.5, 0.6) is 0 Å². The van der Waals surface area contributed by atoms with Gasteiger partial charge in [-0.3, -0.25) is 0 Å². The molecule has 2 rings (SSSR count). The number of rotatable bonds is 4. The van der Waals surface area contributed by atoms with Gasteiger partial charge in [0.1, 0.15) is 0 Å². The number of hydrogen-bond donors (Lipinski definition) is 2. The van der Waals surface area contributed by atoms with Crippen LogP contribution in [0.1, 0.15) is 37.9 Å². The van der Waals surface area contributed by atoms with Crippen molar-refractivity contribution in [2.45, 2.75) is 38.8 Å². The molecule has 0 bridgehead atoms. The molecule has 3 nitrogen and oxygen atoms in total. The van der Waals surface area contributed by atoms with E-state index in [2.05, 4.69) is 22.8 Å². The van der Waals surface area contributed by atoms with Gasteiger partial charge in [-0.15, -0.1) is 0 Å². The van der Waals surface area contributed by atoms with Gasteiger partial charge in [0.25, 0.3) is 0 Å². The van der Waals surface area contributed by atoms with Crippen molar-refractivity contribution in [2.75, 3.05) is 0 Å². The Kier molecular flexibility index (Phi) is 5.21. The molecule has 0 aliphatic rings. The van der Waals surface area contributed by atoms with Crippen LogP contribution in [0, 0.1) is 0 Å². The smallest absolute Gasteiger partial charge is 0.315 e. The Morgan fingerprint density at radius 2 is 1.50 bits per heavy atom. The third kappa shape index (κ3) is 5.24. The molecular weight excluding hydrogens is 272 g/mol. The fourth-order valence-electron chi connectivity index (χ4n) is 2.32. The number of hydrogen-bond acceptors (Lipinski definition) is 1. The normalized spacial score (nSPS) is 12.5. The molecule has 3 heteroatoms. The topological polar surface area (TPSA) is 41.1 Å². The first kappa shape index (κ1) is 16.1. The number of carbonyl (C=O) groups is 1. The van der Waals surface area contributed by atoms with Gasteiger partial charge in [0.2, 0.25) is 0 Å². The molecule has 0 aliphatic carbocycles. The minimum Gasteiger partial charge on any atom is -0.334 e. The highest BCUT2D eigenvalue weighted by Crippen LogP contribution is 2.18. The van der Waals surface area contributed by atoms with Gasteiger partial charge < -0.3 is 10.6 Å². The van der Waals surface area contributed by atoms with Crippen molar-refractivity contribution in [3.63, 3.8) is 0 Å². The summed E-state index contributed by atoms with van der Waals surface area (Å²) in [5.74, 6) is 0. The summed E-state index contributed by atoms with van der Waals surface area (Å²) < 4.78 is 0. The Balaban J connectivity index is 2.14. The van der Waals surface area contributed by atoms with E-state index in [0.717, 1.165) is 12.0 Å². The SMILES string of the molecule is CC(C)(C)NC(=O)NC(Cc1ccccc1)c1ccccc1. The Morgan fingerprint density at radius 1 is 0.955 bits per heavy atom. The molecule has 0 saturated heterocycles. The lowest BCUT2D eigenvalue weighted by molar-refractivity contribution is 0.228. The largest absolute Gasteiger partial charge is 0.334 e. The molecule has 0 fully saturated rings. The van der Waals surface area contributed by atoms with Crippen LogP contribution in [0.3, 0.4) is 0 Å². The molecule has 116 valence electrons. The standard InChI is InChI=1S/C19H24N2O/c1-19(2,3)21-18(22)20-17(16-12-8-5-9-13-16)14-15-10-6-4-7-11-15/h4-13,17H,14H2,1-3H3,(H2,20,21,22). The van der Waals surface area contributed by atoms with Crippen molar-refractivity contribution < 1.29 is 4.79 Å². The molecular formula is C19H24N2O. The summed E-state index contributed by atoms with van der Waals surface area (Å²) in [7, 11) is 0. The third-order valence-corrected chi connectivity index (χ3v) is 3.28. The maximum absolute atomic E-state index is 12.2. The molecule has 1 unspecified atom stereocenters. The van der Waals surface area contributed by atoms with E-state index in [4.69, 9.17) is 0 Å². The van der Waals surface area contributed by atoms with Gasteiger partial charge in [0.15, 0.2) is 0 Å². The second kappa shape index (κ2) is 7.12. The molecule has 2 aromatic rings. The number of carbonyl (C=O) groups excluding carboxylic acids is 1. The van der Waals surface area contributed by atoms with Gasteiger partial charge in [0, 0.05) is 5.54 Å².